The van der Waals surface area contributed by atoms with Crippen LogP contribution in [0.5, 0.6) is 0 Å². The second-order valence-corrected chi connectivity index (χ2v) is 4.92. The summed E-state index contributed by atoms with van der Waals surface area (Å²) in [6, 6.07) is 0. The molecule has 1 aliphatic heterocycles. The Balaban J connectivity index is 1.72. The van der Waals surface area contributed by atoms with Crippen molar-refractivity contribution in [1.29, 1.82) is 0 Å². The van der Waals surface area contributed by atoms with Crippen molar-refractivity contribution in [2.75, 3.05) is 26.2 Å². The lowest BCUT2D eigenvalue weighted by atomic mass is 9.91. The number of carbonyl (C=O) groups is 1. The summed E-state index contributed by atoms with van der Waals surface area (Å²) in [6.07, 6.45) is 3.41. The second kappa shape index (κ2) is 5.04. The van der Waals surface area contributed by atoms with Crippen LogP contribution in [0.4, 0.5) is 4.79 Å². The Bertz CT molecular complexity index is 249. The van der Waals surface area contributed by atoms with Gasteiger partial charge in [-0.2, -0.15) is 0 Å². The number of nitrogens with zero attached hydrogens (tertiary/aromatic N) is 1. The Kier molecular flexibility index (Phi) is 3.69. The van der Waals surface area contributed by atoms with Crippen LogP contribution < -0.4 is 5.73 Å². The highest BCUT2D eigenvalue weighted by Crippen LogP contribution is 2.47. The quantitative estimate of drug-likeness (QED) is 0.792. The van der Waals surface area contributed by atoms with E-state index in [4.69, 9.17) is 10.5 Å². The highest BCUT2D eigenvalue weighted by molar-refractivity contribution is 5.67. The smallest absolute Gasteiger partial charge is 0.409 e. The molecule has 0 spiro atoms. The van der Waals surface area contributed by atoms with Gasteiger partial charge in [0.2, 0.25) is 0 Å². The van der Waals surface area contributed by atoms with Crippen molar-refractivity contribution in [2.45, 2.75) is 26.2 Å². The summed E-state index contributed by atoms with van der Waals surface area (Å²) < 4.78 is 5.00. The molecule has 4 nitrogen and oxygen atoms in total. The molecule has 1 saturated heterocycles. The van der Waals surface area contributed by atoms with Gasteiger partial charge in [0.1, 0.15) is 0 Å². The maximum Gasteiger partial charge on any atom is 0.409 e. The number of likely N-dealkylation sites (tertiary alicyclic amines) is 1. The molecular formula is C12H22N2O2. The molecule has 2 atom stereocenters. The molecule has 1 aliphatic carbocycles. The zero-order chi connectivity index (χ0) is 11.5. The van der Waals surface area contributed by atoms with Crippen LogP contribution in [-0.2, 0) is 4.74 Å². The van der Waals surface area contributed by atoms with Crippen LogP contribution in [0.3, 0.4) is 0 Å². The number of hydrogen-bond acceptors (Lipinski definition) is 3. The van der Waals surface area contributed by atoms with Crippen molar-refractivity contribution in [1.82, 2.24) is 4.90 Å². The van der Waals surface area contributed by atoms with Crippen molar-refractivity contribution in [3.63, 3.8) is 0 Å². The Morgan fingerprint density at radius 1 is 1.44 bits per heavy atom. The molecule has 1 amide bonds. The number of carbonyl (C=O) groups excluding carboxylic acids is 1. The molecule has 0 radical (unpaired) electrons. The molecule has 4 heteroatoms. The van der Waals surface area contributed by atoms with Gasteiger partial charge in [-0.15, -0.1) is 0 Å². The number of piperidine rings is 1. The van der Waals surface area contributed by atoms with Crippen LogP contribution in [0, 0.1) is 17.8 Å². The minimum absolute atomic E-state index is 0.146. The van der Waals surface area contributed by atoms with Crippen molar-refractivity contribution in [3.05, 3.63) is 0 Å². The summed E-state index contributed by atoms with van der Waals surface area (Å²) in [6.45, 7) is 4.87. The molecule has 2 rings (SSSR count). The maximum absolute atomic E-state index is 11.5. The summed E-state index contributed by atoms with van der Waals surface area (Å²) in [5.41, 5.74) is 5.66. The SMILES string of the molecule is CCOC(=O)N1CCC(C2CC2CN)CC1. The van der Waals surface area contributed by atoms with Crippen molar-refractivity contribution >= 4 is 6.09 Å². The second-order valence-electron chi connectivity index (χ2n) is 4.92. The van der Waals surface area contributed by atoms with Crippen molar-refractivity contribution in [3.8, 4) is 0 Å². The first-order valence-electron chi connectivity index (χ1n) is 6.38. The fourth-order valence-electron chi connectivity index (χ4n) is 2.84. The van der Waals surface area contributed by atoms with Crippen molar-refractivity contribution in [2.24, 2.45) is 23.5 Å². The summed E-state index contributed by atoms with van der Waals surface area (Å²) in [7, 11) is 0. The molecule has 0 aromatic heterocycles. The monoisotopic (exact) mass is 226 g/mol. The van der Waals surface area contributed by atoms with Gasteiger partial charge in [-0.3, -0.25) is 0 Å². The Morgan fingerprint density at radius 2 is 2.12 bits per heavy atom. The van der Waals surface area contributed by atoms with E-state index in [9.17, 15) is 4.79 Å². The van der Waals surface area contributed by atoms with Gasteiger partial charge in [0.15, 0.2) is 0 Å². The van der Waals surface area contributed by atoms with Crippen LogP contribution in [0.25, 0.3) is 0 Å². The standard InChI is InChI=1S/C12H22N2O2/c1-2-16-12(15)14-5-3-9(4-6-14)11-7-10(11)8-13/h9-11H,2-8,13H2,1H3. The van der Waals surface area contributed by atoms with Gasteiger partial charge < -0.3 is 15.4 Å². The fraction of sp³-hybridized carbons (Fsp3) is 0.917. The molecule has 1 saturated carbocycles. The van der Waals surface area contributed by atoms with Crippen LogP contribution in [0.15, 0.2) is 0 Å². The van der Waals surface area contributed by atoms with Gasteiger partial charge in [0.05, 0.1) is 6.61 Å². The number of rotatable bonds is 3. The van der Waals surface area contributed by atoms with Gasteiger partial charge in [-0.1, -0.05) is 0 Å². The third kappa shape index (κ3) is 2.48. The number of nitrogens with two attached hydrogens (primary N) is 1. The predicted octanol–water partition coefficient (Wildman–Crippen LogP) is 1.45. The van der Waals surface area contributed by atoms with Gasteiger partial charge in [0.25, 0.3) is 0 Å². The number of amides is 1. The minimum atomic E-state index is -0.146. The molecule has 0 bridgehead atoms. The third-order valence-corrected chi connectivity index (χ3v) is 3.95. The number of hydrogen-bond donors (Lipinski definition) is 1. The molecule has 16 heavy (non-hydrogen) atoms. The molecule has 2 unspecified atom stereocenters. The Labute approximate surface area is 97.1 Å². The topological polar surface area (TPSA) is 55.6 Å². The normalized spacial score (nSPS) is 30.2. The third-order valence-electron chi connectivity index (χ3n) is 3.95. The molecule has 0 aromatic rings. The highest BCUT2D eigenvalue weighted by atomic mass is 16.6. The van der Waals surface area contributed by atoms with E-state index < -0.39 is 0 Å². The van der Waals surface area contributed by atoms with Crippen LogP contribution in [0.2, 0.25) is 0 Å². The molecule has 1 heterocycles. The van der Waals surface area contributed by atoms with E-state index in [0.29, 0.717) is 6.61 Å². The van der Waals surface area contributed by atoms with Crippen LogP contribution >= 0.6 is 0 Å². The molecule has 2 aliphatic rings. The largest absolute Gasteiger partial charge is 0.450 e. The molecule has 2 fully saturated rings. The molecule has 92 valence electrons. The molecule has 0 aromatic carbocycles. The summed E-state index contributed by atoms with van der Waals surface area (Å²) in [5, 5.41) is 0. The number of ether oxygens (including phenoxy) is 1. The van der Waals surface area contributed by atoms with E-state index in [-0.39, 0.29) is 6.09 Å². The minimum Gasteiger partial charge on any atom is -0.450 e. The van der Waals surface area contributed by atoms with Crippen molar-refractivity contribution < 1.29 is 9.53 Å². The maximum atomic E-state index is 11.5. The Morgan fingerprint density at radius 3 is 2.62 bits per heavy atom. The zero-order valence-electron chi connectivity index (χ0n) is 10.0. The lowest BCUT2D eigenvalue weighted by molar-refractivity contribution is 0.0889. The summed E-state index contributed by atoms with van der Waals surface area (Å²) in [4.78, 5) is 13.3. The summed E-state index contributed by atoms with van der Waals surface area (Å²) in [5.74, 6) is 2.40. The molecule has 2 N–H and O–H groups in total. The van der Waals surface area contributed by atoms with Gasteiger partial charge >= 0.3 is 6.09 Å². The lowest BCUT2D eigenvalue weighted by Gasteiger charge is -2.31. The highest BCUT2D eigenvalue weighted by Gasteiger charge is 2.42. The van der Waals surface area contributed by atoms with Gasteiger partial charge in [-0.05, 0) is 50.5 Å². The average molecular weight is 226 g/mol. The first-order valence-corrected chi connectivity index (χ1v) is 6.38. The summed E-state index contributed by atoms with van der Waals surface area (Å²) >= 11 is 0. The fourth-order valence-corrected chi connectivity index (χ4v) is 2.84. The van der Waals surface area contributed by atoms with E-state index >= 15 is 0 Å². The molecular weight excluding hydrogens is 204 g/mol. The average Bonchev–Trinajstić information content (AvgIpc) is 3.09. The van der Waals surface area contributed by atoms with E-state index in [1.807, 2.05) is 11.8 Å². The van der Waals surface area contributed by atoms with E-state index in [1.165, 1.54) is 6.42 Å². The first kappa shape index (κ1) is 11.7. The zero-order valence-corrected chi connectivity index (χ0v) is 10.0. The lowest BCUT2D eigenvalue weighted by Crippen LogP contribution is -2.39. The van der Waals surface area contributed by atoms with E-state index in [0.717, 1.165) is 50.2 Å². The first-order chi connectivity index (χ1) is 7.76. The Hall–Kier alpha value is -0.770. The van der Waals surface area contributed by atoms with E-state index in [2.05, 4.69) is 0 Å². The van der Waals surface area contributed by atoms with Crippen LogP contribution in [0.1, 0.15) is 26.2 Å². The van der Waals surface area contributed by atoms with Gasteiger partial charge in [-0.25, -0.2) is 4.79 Å². The van der Waals surface area contributed by atoms with Crippen LogP contribution in [-0.4, -0.2) is 37.2 Å². The van der Waals surface area contributed by atoms with E-state index in [1.54, 1.807) is 0 Å². The van der Waals surface area contributed by atoms with Gasteiger partial charge in [0, 0.05) is 13.1 Å². The predicted molar refractivity (Wildman–Crippen MR) is 62.0 cm³/mol.